The van der Waals surface area contributed by atoms with E-state index in [0.29, 0.717) is 18.7 Å². The maximum Gasteiger partial charge on any atom is 0.141 e. The molecule has 1 aromatic carbocycles. The molecule has 1 aliphatic carbocycles. The van der Waals surface area contributed by atoms with E-state index in [-0.39, 0.29) is 17.6 Å². The Balaban J connectivity index is 0. The summed E-state index contributed by atoms with van der Waals surface area (Å²) in [7, 11) is 1.93. The van der Waals surface area contributed by atoms with Crippen LogP contribution in [0.1, 0.15) is 50.2 Å². The van der Waals surface area contributed by atoms with Gasteiger partial charge in [-0.3, -0.25) is 9.37 Å². The highest BCUT2D eigenvalue weighted by Crippen LogP contribution is 2.36. The molecule has 0 bridgehead atoms. The smallest absolute Gasteiger partial charge is 0.141 e. The van der Waals surface area contributed by atoms with Crippen molar-refractivity contribution in [2.45, 2.75) is 46.0 Å². The number of alkyl halides is 1. The Hall–Kier alpha value is -2.25. The van der Waals surface area contributed by atoms with E-state index in [1.165, 1.54) is 25.4 Å². The van der Waals surface area contributed by atoms with Crippen molar-refractivity contribution in [2.24, 2.45) is 5.92 Å². The number of halogens is 3. The normalized spacial score (nSPS) is 16.3. The van der Waals surface area contributed by atoms with Gasteiger partial charge in [-0.25, -0.2) is 14.3 Å². The van der Waals surface area contributed by atoms with Gasteiger partial charge in [-0.05, 0) is 55.4 Å². The molecule has 0 radical (unpaired) electrons. The number of hydrogen-bond donors (Lipinski definition) is 2. The number of carbonyl (C=O) groups is 1. The molecule has 1 unspecified atom stereocenters. The summed E-state index contributed by atoms with van der Waals surface area (Å²) >= 11 is 0. The van der Waals surface area contributed by atoms with E-state index in [0.717, 1.165) is 31.1 Å². The fourth-order valence-electron chi connectivity index (χ4n) is 2.65. The molecule has 0 saturated heterocycles. The Morgan fingerprint density at radius 2 is 1.72 bits per heavy atom. The Morgan fingerprint density at radius 3 is 2.14 bits per heavy atom. The van der Waals surface area contributed by atoms with E-state index in [1.807, 2.05) is 19.9 Å². The first kappa shape index (κ1) is 29.0. The van der Waals surface area contributed by atoms with E-state index in [2.05, 4.69) is 4.98 Å². The third kappa shape index (κ3) is 12.8. The van der Waals surface area contributed by atoms with Crippen LogP contribution in [0, 0.1) is 24.5 Å². The van der Waals surface area contributed by atoms with Gasteiger partial charge in [-0.15, -0.1) is 0 Å². The molecule has 1 heterocycles. The number of nitrogens with one attached hydrogen (secondary N) is 1. The van der Waals surface area contributed by atoms with Gasteiger partial charge in [0.1, 0.15) is 17.9 Å². The van der Waals surface area contributed by atoms with Gasteiger partial charge in [0.2, 0.25) is 0 Å². The molecule has 164 valence electrons. The largest absolute Gasteiger partial charge is 0.317 e. The molecule has 1 fully saturated rings. The van der Waals surface area contributed by atoms with Crippen LogP contribution in [0.4, 0.5) is 13.2 Å². The molecular weight excluding hydrogens is 381 g/mol. The molecule has 29 heavy (non-hydrogen) atoms. The Kier molecular flexibility index (Phi) is 19.1. The van der Waals surface area contributed by atoms with E-state index in [9.17, 15) is 18.0 Å². The first-order chi connectivity index (χ1) is 14.0. The summed E-state index contributed by atoms with van der Waals surface area (Å²) in [6.07, 6.45) is 6.64. The van der Waals surface area contributed by atoms with Crippen molar-refractivity contribution in [3.05, 3.63) is 65.5 Å². The van der Waals surface area contributed by atoms with Crippen LogP contribution < -0.4 is 5.48 Å². The van der Waals surface area contributed by atoms with Gasteiger partial charge in [0, 0.05) is 19.2 Å². The van der Waals surface area contributed by atoms with Crippen LogP contribution in [-0.4, -0.2) is 30.7 Å². The maximum atomic E-state index is 12.9. The second-order valence-electron chi connectivity index (χ2n) is 5.82. The Morgan fingerprint density at radius 1 is 1.14 bits per heavy atom. The second kappa shape index (κ2) is 19.1. The molecule has 1 saturated carbocycles. The number of rotatable bonds is 2. The molecule has 2 N–H and O–H groups in total. The highest BCUT2D eigenvalue weighted by atomic mass is 19.1. The standard InChI is InChI=1S/C11H12FNO.C7H7F.C2H6.CH3F.CH5NO/c12-11-4-10(5-13-6-11)9-2-1-8(3-9)7-14;1-6-4-2-3-5-7(6)8;2*1-2;1-2-3/h4-9H,1-3H2;2-5H,1H3;1-2H3;1H3;2-3H,1H3/t8?,9-;;;;/m0..../s1. The van der Waals surface area contributed by atoms with Gasteiger partial charge >= 0.3 is 0 Å². The highest BCUT2D eigenvalue weighted by Gasteiger charge is 2.25. The summed E-state index contributed by atoms with van der Waals surface area (Å²) in [5.74, 6) is 0.0428. The van der Waals surface area contributed by atoms with Crippen LogP contribution >= 0.6 is 0 Å². The van der Waals surface area contributed by atoms with Gasteiger partial charge < -0.3 is 10.0 Å². The van der Waals surface area contributed by atoms with Gasteiger partial charge in [0.05, 0.1) is 13.4 Å². The summed E-state index contributed by atoms with van der Waals surface area (Å²) in [5, 5.41) is 7.32. The van der Waals surface area contributed by atoms with Crippen molar-refractivity contribution >= 4 is 6.29 Å². The van der Waals surface area contributed by atoms with Gasteiger partial charge in [0.15, 0.2) is 0 Å². The van der Waals surface area contributed by atoms with E-state index >= 15 is 0 Å². The van der Waals surface area contributed by atoms with E-state index in [4.69, 9.17) is 5.21 Å². The summed E-state index contributed by atoms with van der Waals surface area (Å²) in [4.78, 5) is 14.4. The Bertz CT molecular complexity index is 636. The molecule has 0 amide bonds. The fourth-order valence-corrected chi connectivity index (χ4v) is 2.65. The van der Waals surface area contributed by atoms with E-state index in [1.54, 1.807) is 30.7 Å². The predicted octanol–water partition coefficient (Wildman–Crippen LogP) is 5.64. The summed E-state index contributed by atoms with van der Waals surface area (Å²) in [6.45, 7) is 5.75. The van der Waals surface area contributed by atoms with Crippen LogP contribution in [-0.2, 0) is 4.79 Å². The number of carbonyl (C=O) groups excluding carboxylic acids is 1. The fraction of sp³-hybridized carbons (Fsp3) is 0.455. The summed E-state index contributed by atoms with van der Waals surface area (Å²) < 4.78 is 34.7. The van der Waals surface area contributed by atoms with Gasteiger partial charge in [-0.2, -0.15) is 0 Å². The van der Waals surface area contributed by atoms with Gasteiger partial charge in [0.25, 0.3) is 0 Å². The van der Waals surface area contributed by atoms with Crippen molar-refractivity contribution < 1.29 is 23.2 Å². The first-order valence-corrected chi connectivity index (χ1v) is 9.47. The summed E-state index contributed by atoms with van der Waals surface area (Å²) in [5.41, 5.74) is 3.38. The zero-order valence-electron chi connectivity index (χ0n) is 17.8. The van der Waals surface area contributed by atoms with Crippen molar-refractivity contribution in [1.29, 1.82) is 0 Å². The zero-order valence-corrected chi connectivity index (χ0v) is 17.8. The molecule has 4 nitrogen and oxygen atoms in total. The summed E-state index contributed by atoms with van der Waals surface area (Å²) in [6, 6.07) is 8.22. The number of aromatic nitrogens is 1. The monoisotopic (exact) mass is 414 g/mol. The van der Waals surface area contributed by atoms with Crippen LogP contribution in [0.3, 0.4) is 0 Å². The third-order valence-electron chi connectivity index (χ3n) is 3.94. The van der Waals surface area contributed by atoms with Gasteiger partial charge in [-0.1, -0.05) is 32.0 Å². The average Bonchev–Trinajstić information content (AvgIpc) is 3.24. The molecular formula is C22H33F3N2O2. The molecule has 0 spiro atoms. The lowest BCUT2D eigenvalue weighted by atomic mass is 9.98. The lowest BCUT2D eigenvalue weighted by Crippen LogP contribution is -1.97. The molecule has 7 heteroatoms. The minimum Gasteiger partial charge on any atom is -0.317 e. The average molecular weight is 415 g/mol. The topological polar surface area (TPSA) is 62.2 Å². The van der Waals surface area contributed by atoms with Crippen molar-refractivity contribution in [2.75, 3.05) is 14.2 Å². The van der Waals surface area contributed by atoms with Crippen LogP contribution in [0.2, 0.25) is 0 Å². The third-order valence-corrected chi connectivity index (χ3v) is 3.94. The SMILES string of the molecule is CC.CF.CNO.Cc1ccccc1F.O=CC1CC[C@H](c2cncc(F)c2)C1. The van der Waals surface area contributed by atoms with Crippen LogP contribution in [0.5, 0.6) is 0 Å². The lowest BCUT2D eigenvalue weighted by Gasteiger charge is -2.08. The molecule has 1 aromatic heterocycles. The number of pyridine rings is 1. The highest BCUT2D eigenvalue weighted by molar-refractivity contribution is 5.54. The molecule has 2 atom stereocenters. The number of benzene rings is 1. The maximum absolute atomic E-state index is 12.9. The lowest BCUT2D eigenvalue weighted by molar-refractivity contribution is -0.110. The minimum absolute atomic E-state index is 0.132. The number of hydrogen-bond acceptors (Lipinski definition) is 4. The van der Waals surface area contributed by atoms with Crippen LogP contribution in [0.25, 0.3) is 0 Å². The first-order valence-electron chi connectivity index (χ1n) is 9.47. The minimum atomic E-state index is -0.294. The number of aryl methyl sites for hydroxylation is 1. The van der Waals surface area contributed by atoms with E-state index < -0.39 is 0 Å². The molecule has 1 aliphatic rings. The Labute approximate surface area is 172 Å². The molecule has 0 aliphatic heterocycles. The molecule has 3 rings (SSSR count). The van der Waals surface area contributed by atoms with Crippen molar-refractivity contribution in [3.8, 4) is 0 Å². The number of hydroxylamine groups is 1. The molecule has 2 aromatic rings. The quantitative estimate of drug-likeness (QED) is 0.493. The second-order valence-corrected chi connectivity index (χ2v) is 5.82. The number of nitrogens with zero attached hydrogens (tertiary/aromatic N) is 1. The van der Waals surface area contributed by atoms with Crippen molar-refractivity contribution in [1.82, 2.24) is 10.5 Å². The van der Waals surface area contributed by atoms with Crippen LogP contribution in [0.15, 0.2) is 42.7 Å². The zero-order chi connectivity index (χ0) is 22.7. The van der Waals surface area contributed by atoms with Crippen molar-refractivity contribution in [3.63, 3.8) is 0 Å². The number of aldehydes is 1. The predicted molar refractivity (Wildman–Crippen MR) is 111 cm³/mol.